The van der Waals surface area contributed by atoms with E-state index in [0.29, 0.717) is 10.7 Å². The zero-order valence-electron chi connectivity index (χ0n) is 12.6. The maximum Gasteiger partial charge on any atom is 0.210 e. The number of para-hydroxylation sites is 1. The van der Waals surface area contributed by atoms with Crippen molar-refractivity contribution in [3.63, 3.8) is 0 Å². The zero-order valence-corrected chi connectivity index (χ0v) is 13.5. The molecule has 3 rings (SSSR count). The van der Waals surface area contributed by atoms with Gasteiger partial charge >= 0.3 is 0 Å². The molecule has 0 aliphatic carbocycles. The number of nitrogens with zero attached hydrogens (tertiary/aromatic N) is 4. The number of carbonyl (C=O) groups is 1. The van der Waals surface area contributed by atoms with Crippen LogP contribution >= 0.6 is 11.8 Å². The molecule has 7 heteroatoms. The summed E-state index contributed by atoms with van der Waals surface area (Å²) in [5, 5.41) is 13.0. The van der Waals surface area contributed by atoms with Gasteiger partial charge in [-0.25, -0.2) is 4.68 Å². The van der Waals surface area contributed by atoms with E-state index in [4.69, 9.17) is 0 Å². The van der Waals surface area contributed by atoms with Crippen molar-refractivity contribution in [2.75, 3.05) is 0 Å². The lowest BCUT2D eigenvalue weighted by molar-refractivity contribution is 0.0995. The van der Waals surface area contributed by atoms with Crippen LogP contribution < -0.4 is 0 Å². The smallest absolute Gasteiger partial charge is 0.210 e. The van der Waals surface area contributed by atoms with Crippen LogP contribution in [-0.2, 0) is 0 Å². The second-order valence-electron chi connectivity index (χ2n) is 5.37. The van der Waals surface area contributed by atoms with E-state index in [2.05, 4.69) is 20.5 Å². The van der Waals surface area contributed by atoms with Gasteiger partial charge in [0.25, 0.3) is 0 Å². The average Bonchev–Trinajstić information content (AvgIpc) is 3.12. The molecular weight excluding hydrogens is 298 g/mol. The summed E-state index contributed by atoms with van der Waals surface area (Å²) >= 11 is 1.38. The molecule has 2 aromatic heterocycles. The Balaban J connectivity index is 1.84. The van der Waals surface area contributed by atoms with E-state index in [1.165, 1.54) is 11.8 Å². The second-order valence-corrected chi connectivity index (χ2v) is 6.68. The zero-order chi connectivity index (χ0) is 15.7. The number of aromatic nitrogens is 5. The van der Waals surface area contributed by atoms with Crippen LogP contribution in [0.1, 0.15) is 37.2 Å². The number of ketones is 1. The topological polar surface area (TPSA) is 76.5 Å². The fraction of sp³-hybridized carbons (Fsp3) is 0.333. The molecule has 0 amide bonds. The van der Waals surface area contributed by atoms with Crippen molar-refractivity contribution in [2.45, 2.75) is 37.2 Å². The summed E-state index contributed by atoms with van der Waals surface area (Å²) in [4.78, 5) is 15.8. The molecule has 6 nitrogen and oxygen atoms in total. The van der Waals surface area contributed by atoms with Crippen LogP contribution in [0.15, 0.2) is 35.6 Å². The third-order valence-corrected chi connectivity index (χ3v) is 4.51. The highest BCUT2D eigenvalue weighted by Gasteiger charge is 2.22. The summed E-state index contributed by atoms with van der Waals surface area (Å²) < 4.78 is 1.73. The monoisotopic (exact) mass is 315 g/mol. The van der Waals surface area contributed by atoms with Gasteiger partial charge in [0.05, 0.1) is 11.3 Å². The number of fused-ring (bicyclic) bond motifs is 1. The van der Waals surface area contributed by atoms with E-state index >= 15 is 0 Å². The molecule has 114 valence electrons. The molecule has 1 aromatic carbocycles. The van der Waals surface area contributed by atoms with Gasteiger partial charge in [-0.1, -0.05) is 30.0 Å². The number of H-pyrrole nitrogens is 1. The first-order valence-electron chi connectivity index (χ1n) is 7.12. The Kier molecular flexibility index (Phi) is 3.98. The SMILES string of the molecule is CC(Sc1nnnn1C(C)C)C(=O)c1c[nH]c2ccccc12. The van der Waals surface area contributed by atoms with Gasteiger partial charge in [-0.2, -0.15) is 0 Å². The van der Waals surface area contributed by atoms with Crippen molar-refractivity contribution in [3.8, 4) is 0 Å². The number of hydrogen-bond donors (Lipinski definition) is 1. The Labute approximate surface area is 132 Å². The van der Waals surface area contributed by atoms with Crippen LogP contribution in [0, 0.1) is 0 Å². The molecule has 1 N–H and O–H groups in total. The highest BCUT2D eigenvalue weighted by atomic mass is 32.2. The number of aromatic amines is 1. The molecule has 0 bridgehead atoms. The number of thioether (sulfide) groups is 1. The van der Waals surface area contributed by atoms with Gasteiger partial charge in [0.2, 0.25) is 5.16 Å². The van der Waals surface area contributed by atoms with E-state index in [1.54, 1.807) is 10.9 Å². The largest absolute Gasteiger partial charge is 0.360 e. The van der Waals surface area contributed by atoms with Crippen molar-refractivity contribution in [2.24, 2.45) is 0 Å². The first-order chi connectivity index (χ1) is 10.6. The average molecular weight is 315 g/mol. The first-order valence-corrected chi connectivity index (χ1v) is 8.00. The Hall–Kier alpha value is -2.15. The minimum absolute atomic E-state index is 0.0701. The van der Waals surface area contributed by atoms with E-state index in [9.17, 15) is 4.79 Å². The molecule has 0 saturated heterocycles. The summed E-state index contributed by atoms with van der Waals surface area (Å²) in [6.07, 6.45) is 1.77. The Morgan fingerprint density at radius 3 is 2.82 bits per heavy atom. The predicted molar refractivity (Wildman–Crippen MR) is 86.2 cm³/mol. The molecule has 22 heavy (non-hydrogen) atoms. The number of rotatable bonds is 5. The molecule has 0 aliphatic heterocycles. The lowest BCUT2D eigenvalue weighted by atomic mass is 10.1. The number of carbonyl (C=O) groups excluding carboxylic acids is 1. The fourth-order valence-electron chi connectivity index (χ4n) is 2.29. The minimum Gasteiger partial charge on any atom is -0.360 e. The van der Waals surface area contributed by atoms with Gasteiger partial charge < -0.3 is 4.98 Å². The van der Waals surface area contributed by atoms with E-state index < -0.39 is 0 Å². The van der Waals surface area contributed by atoms with Crippen molar-refractivity contribution in [3.05, 3.63) is 36.0 Å². The molecule has 0 radical (unpaired) electrons. The van der Waals surface area contributed by atoms with E-state index in [-0.39, 0.29) is 17.1 Å². The Morgan fingerprint density at radius 2 is 2.05 bits per heavy atom. The fourth-order valence-corrected chi connectivity index (χ4v) is 3.28. The van der Waals surface area contributed by atoms with Gasteiger partial charge in [0, 0.05) is 22.7 Å². The molecule has 2 heterocycles. The van der Waals surface area contributed by atoms with Crippen LogP contribution in [0.3, 0.4) is 0 Å². The molecule has 0 fully saturated rings. The van der Waals surface area contributed by atoms with Crippen molar-refractivity contribution in [1.29, 1.82) is 0 Å². The predicted octanol–water partition coefficient (Wildman–Crippen LogP) is 3.10. The standard InChI is InChI=1S/C15H17N5OS/c1-9(2)20-15(17-18-19-20)22-10(3)14(21)12-8-16-13-7-5-4-6-11(12)13/h4-10,16H,1-3H3. The van der Waals surface area contributed by atoms with Gasteiger partial charge in [0.15, 0.2) is 5.78 Å². The van der Waals surface area contributed by atoms with Gasteiger partial charge in [-0.15, -0.1) is 5.10 Å². The van der Waals surface area contributed by atoms with Gasteiger partial charge in [-0.05, 0) is 37.3 Å². The lowest BCUT2D eigenvalue weighted by Crippen LogP contribution is -2.15. The maximum absolute atomic E-state index is 12.7. The molecule has 1 unspecified atom stereocenters. The van der Waals surface area contributed by atoms with Crippen molar-refractivity contribution >= 4 is 28.4 Å². The Morgan fingerprint density at radius 1 is 1.27 bits per heavy atom. The number of nitrogens with one attached hydrogen (secondary N) is 1. The molecule has 0 aliphatic rings. The van der Waals surface area contributed by atoms with Crippen LogP contribution in [0.2, 0.25) is 0 Å². The van der Waals surface area contributed by atoms with Crippen molar-refractivity contribution < 1.29 is 4.79 Å². The molecule has 3 aromatic rings. The summed E-state index contributed by atoms with van der Waals surface area (Å²) in [7, 11) is 0. The molecular formula is C15H17N5OS. The highest BCUT2D eigenvalue weighted by molar-refractivity contribution is 8.00. The number of benzene rings is 1. The van der Waals surface area contributed by atoms with E-state index in [0.717, 1.165) is 10.9 Å². The summed E-state index contributed by atoms with van der Waals surface area (Å²) in [6, 6.07) is 7.96. The summed E-state index contributed by atoms with van der Waals surface area (Å²) in [5.74, 6) is 0.0701. The first kappa shape index (κ1) is 14.8. The summed E-state index contributed by atoms with van der Waals surface area (Å²) in [6.45, 7) is 5.90. The van der Waals surface area contributed by atoms with Crippen LogP contribution in [0.5, 0.6) is 0 Å². The summed E-state index contributed by atoms with van der Waals surface area (Å²) in [5.41, 5.74) is 1.68. The number of Topliss-reactive ketones (excluding diaryl/α,β-unsaturated/α-hetero) is 1. The molecule has 0 saturated carbocycles. The van der Waals surface area contributed by atoms with Gasteiger partial charge in [0.1, 0.15) is 0 Å². The lowest BCUT2D eigenvalue weighted by Gasteiger charge is -2.11. The second kappa shape index (κ2) is 5.92. The van der Waals surface area contributed by atoms with Gasteiger partial charge in [-0.3, -0.25) is 4.79 Å². The third kappa shape index (κ3) is 2.64. The number of hydrogen-bond acceptors (Lipinski definition) is 5. The normalized spacial score (nSPS) is 12.9. The van der Waals surface area contributed by atoms with Crippen molar-refractivity contribution in [1.82, 2.24) is 25.2 Å². The number of tetrazole rings is 1. The Bertz CT molecular complexity index is 807. The van der Waals surface area contributed by atoms with Crippen LogP contribution in [0.4, 0.5) is 0 Å². The highest BCUT2D eigenvalue weighted by Crippen LogP contribution is 2.27. The minimum atomic E-state index is -0.261. The van der Waals surface area contributed by atoms with Crippen LogP contribution in [0.25, 0.3) is 10.9 Å². The molecule has 0 spiro atoms. The van der Waals surface area contributed by atoms with Crippen LogP contribution in [-0.4, -0.2) is 36.2 Å². The third-order valence-electron chi connectivity index (χ3n) is 3.46. The molecule has 1 atom stereocenters. The quantitative estimate of drug-likeness (QED) is 0.578. The maximum atomic E-state index is 12.7. The van der Waals surface area contributed by atoms with E-state index in [1.807, 2.05) is 45.0 Å².